The number of rotatable bonds is 57. The molecule has 512 valence electrons. The lowest BCUT2D eigenvalue weighted by molar-refractivity contribution is -0.890. The molecule has 0 spiro atoms. The highest BCUT2D eigenvalue weighted by Gasteiger charge is 2.31. The third-order valence-corrected chi connectivity index (χ3v) is 13.4. The van der Waals surface area contributed by atoms with Gasteiger partial charge in [0.05, 0.1) is 99.0 Å². The van der Waals surface area contributed by atoms with Crippen molar-refractivity contribution in [2.24, 2.45) is 5.92 Å². The molecule has 0 radical (unpaired) electrons. The number of hydrogen-bond donors (Lipinski definition) is 4. The zero-order valence-electron chi connectivity index (χ0n) is 56.2. The highest BCUT2D eigenvalue weighted by atomic mass is 16.6. The minimum atomic E-state index is -1.15. The molecule has 0 aromatic heterocycles. The predicted molar refractivity (Wildman–Crippen MR) is 334 cm³/mol. The third kappa shape index (κ3) is 56.6. The molecule has 0 aliphatic rings. The van der Waals surface area contributed by atoms with E-state index in [1.165, 1.54) is 44.9 Å². The topological polar surface area (TPSA) is 293 Å². The first-order chi connectivity index (χ1) is 41.5. The molecule has 0 aromatic carbocycles. The van der Waals surface area contributed by atoms with Gasteiger partial charge in [0.1, 0.15) is 48.4 Å². The number of aliphatic carboxylic acids is 1. The summed E-state index contributed by atoms with van der Waals surface area (Å²) in [6.07, 6.45) is 16.9. The van der Waals surface area contributed by atoms with Crippen LogP contribution in [-0.4, -0.2) is 205 Å². The second-order valence-corrected chi connectivity index (χ2v) is 26.2. The summed E-state index contributed by atoms with van der Waals surface area (Å²) < 4.78 is 49.8. The van der Waals surface area contributed by atoms with Crippen molar-refractivity contribution in [3.8, 4) is 0 Å². The first-order valence-electron chi connectivity index (χ1n) is 32.5. The van der Waals surface area contributed by atoms with Gasteiger partial charge >= 0.3 is 23.9 Å². The van der Waals surface area contributed by atoms with Gasteiger partial charge in [-0.1, -0.05) is 77.0 Å². The number of carbonyl (C=O) groups is 9. The Hall–Kier alpha value is -4.65. The van der Waals surface area contributed by atoms with Crippen molar-refractivity contribution in [3.63, 3.8) is 0 Å². The van der Waals surface area contributed by atoms with E-state index >= 15 is 0 Å². The summed E-state index contributed by atoms with van der Waals surface area (Å²) in [6.45, 7) is 20.4. The van der Waals surface area contributed by atoms with Crippen molar-refractivity contribution < 1.29 is 95.4 Å². The summed E-state index contributed by atoms with van der Waals surface area (Å²) in [5.74, 6) is -4.44. The van der Waals surface area contributed by atoms with Gasteiger partial charge in [0.25, 0.3) is 0 Å². The molecule has 0 saturated heterocycles. The van der Waals surface area contributed by atoms with E-state index in [4.69, 9.17) is 47.7 Å². The molecule has 0 bridgehead atoms. The molecular formula is C65H119N4O19+. The van der Waals surface area contributed by atoms with Gasteiger partial charge in [0.2, 0.25) is 17.7 Å². The van der Waals surface area contributed by atoms with Crippen molar-refractivity contribution >= 4 is 53.2 Å². The van der Waals surface area contributed by atoms with Crippen LogP contribution in [0, 0.1) is 5.92 Å². The molecule has 3 amide bonds. The maximum atomic E-state index is 13.4. The Morgan fingerprint density at radius 1 is 0.398 bits per heavy atom. The van der Waals surface area contributed by atoms with Gasteiger partial charge in [-0.3, -0.25) is 38.4 Å². The maximum Gasteiger partial charge on any atom is 0.329 e. The second-order valence-electron chi connectivity index (χ2n) is 26.2. The second kappa shape index (κ2) is 50.0. The molecule has 23 nitrogen and oxygen atoms in total. The van der Waals surface area contributed by atoms with Gasteiger partial charge in [-0.15, -0.1) is 0 Å². The van der Waals surface area contributed by atoms with E-state index in [1.807, 2.05) is 20.8 Å². The van der Waals surface area contributed by atoms with Crippen molar-refractivity contribution in [2.45, 2.75) is 239 Å². The van der Waals surface area contributed by atoms with Crippen LogP contribution in [0.25, 0.3) is 0 Å². The summed E-state index contributed by atoms with van der Waals surface area (Å²) in [5, 5.41) is 16.7. The number of quaternary nitrogens is 1. The number of hydrogen-bond acceptors (Lipinski definition) is 18. The average molecular weight is 1260 g/mol. The van der Waals surface area contributed by atoms with Crippen LogP contribution in [0.2, 0.25) is 0 Å². The van der Waals surface area contributed by atoms with Crippen LogP contribution in [-0.2, 0) is 85.8 Å². The molecule has 0 aromatic rings. The summed E-state index contributed by atoms with van der Waals surface area (Å²) in [5.41, 5.74) is -2.09. The largest absolute Gasteiger partial charge is 0.481 e. The monoisotopic (exact) mass is 1260 g/mol. The molecule has 0 fully saturated rings. The Morgan fingerprint density at radius 2 is 0.830 bits per heavy atom. The number of ether oxygens (including phenoxy) is 9. The average Bonchev–Trinajstić information content (AvgIpc) is 3.54. The molecule has 4 N–H and O–H groups in total. The molecule has 0 heterocycles. The normalized spacial score (nSPS) is 12.7. The summed E-state index contributed by atoms with van der Waals surface area (Å²) in [6, 6.07) is -1.15. The molecule has 0 aliphatic heterocycles. The van der Waals surface area contributed by atoms with Crippen LogP contribution < -0.4 is 16.0 Å². The first-order valence-corrected chi connectivity index (χ1v) is 32.5. The Bertz CT molecular complexity index is 1950. The molecule has 2 atom stereocenters. The number of ketones is 2. The van der Waals surface area contributed by atoms with Gasteiger partial charge in [0.15, 0.2) is 5.78 Å². The summed E-state index contributed by atoms with van der Waals surface area (Å²) >= 11 is 0. The minimum absolute atomic E-state index is 0.0000698. The number of amides is 3. The smallest absolute Gasteiger partial charge is 0.329 e. The number of likely N-dealkylation sites (N-methyl/N-ethyl adjacent to an activating group) is 1. The zero-order chi connectivity index (χ0) is 66.1. The van der Waals surface area contributed by atoms with Gasteiger partial charge < -0.3 is 68.2 Å². The summed E-state index contributed by atoms with van der Waals surface area (Å²) in [7, 11) is 4.13. The molecule has 0 saturated carbocycles. The van der Waals surface area contributed by atoms with E-state index < -0.39 is 52.6 Å². The quantitative estimate of drug-likeness (QED) is 0.0193. The van der Waals surface area contributed by atoms with Crippen LogP contribution in [0.3, 0.4) is 0 Å². The van der Waals surface area contributed by atoms with E-state index in [0.29, 0.717) is 50.0 Å². The molecule has 23 heteroatoms. The lowest BCUT2D eigenvalue weighted by Gasteiger charge is -2.29. The number of nitrogens with zero attached hydrogens (tertiary/aromatic N) is 1. The Labute approximate surface area is 527 Å². The van der Waals surface area contributed by atoms with E-state index in [2.05, 4.69) is 30.0 Å². The Morgan fingerprint density at radius 3 is 1.35 bits per heavy atom. The number of unbranched alkanes of at least 4 members (excludes halogenated alkanes) is 13. The third-order valence-electron chi connectivity index (χ3n) is 13.4. The van der Waals surface area contributed by atoms with Crippen LogP contribution in [0.5, 0.6) is 0 Å². The Kier molecular flexibility index (Phi) is 47.4. The summed E-state index contributed by atoms with van der Waals surface area (Å²) in [4.78, 5) is 113. The van der Waals surface area contributed by atoms with E-state index in [-0.39, 0.29) is 140 Å². The van der Waals surface area contributed by atoms with E-state index in [1.54, 1.807) is 41.5 Å². The first kappa shape index (κ1) is 83.4. The van der Waals surface area contributed by atoms with Gasteiger partial charge in [0, 0.05) is 58.0 Å². The highest BCUT2D eigenvalue weighted by molar-refractivity contribution is 5.87. The number of carboxylic acids is 1. The number of nitrogens with one attached hydrogen (secondary N) is 3. The SMILES string of the molecule is CC(C)(C)OC(=O)CCCCCCCCCCCCCCCCC(=O)C[C@@H](CCC(=O)N[C@@H](CCC(=O)NCCOCCOCC(=O)NCCOCCOCC(=O)CCC[N+](C)(C)CCOCCOCCC(=O)O)C(=O)OC(C)(C)C)C(=O)OC(C)(C)C. The molecular weight excluding hydrogens is 1140 g/mol. The Balaban J connectivity index is 4.42. The zero-order valence-corrected chi connectivity index (χ0v) is 56.2. The van der Waals surface area contributed by atoms with Crippen molar-refractivity contribution in [1.82, 2.24) is 16.0 Å². The number of esters is 3. The molecule has 0 unspecified atom stereocenters. The van der Waals surface area contributed by atoms with Gasteiger partial charge in [-0.25, -0.2) is 4.79 Å². The van der Waals surface area contributed by atoms with E-state index in [9.17, 15) is 43.2 Å². The lowest BCUT2D eigenvalue weighted by atomic mass is 9.94. The van der Waals surface area contributed by atoms with Crippen LogP contribution in [0.1, 0.15) is 216 Å². The number of Topliss-reactive ketones (excluding diaryl/α,β-unsaturated/α-hetero) is 2. The fourth-order valence-corrected chi connectivity index (χ4v) is 8.78. The fraction of sp³-hybridized carbons (Fsp3) is 0.862. The fourth-order valence-electron chi connectivity index (χ4n) is 8.78. The molecule has 0 aliphatic carbocycles. The maximum absolute atomic E-state index is 13.4. The number of carboxylic acid groups (broad SMARTS) is 1. The van der Waals surface area contributed by atoms with Crippen molar-refractivity contribution in [2.75, 3.05) is 120 Å². The number of carbonyl (C=O) groups excluding carboxylic acids is 8. The van der Waals surface area contributed by atoms with Crippen LogP contribution >= 0.6 is 0 Å². The van der Waals surface area contributed by atoms with Crippen LogP contribution in [0.4, 0.5) is 0 Å². The lowest BCUT2D eigenvalue weighted by Crippen LogP contribution is -2.45. The van der Waals surface area contributed by atoms with Gasteiger partial charge in [-0.05, 0) is 88.0 Å². The van der Waals surface area contributed by atoms with Crippen molar-refractivity contribution in [3.05, 3.63) is 0 Å². The predicted octanol–water partition coefficient (Wildman–Crippen LogP) is 8.11. The van der Waals surface area contributed by atoms with Gasteiger partial charge in [-0.2, -0.15) is 0 Å². The van der Waals surface area contributed by atoms with E-state index in [0.717, 1.165) is 58.0 Å². The molecule has 88 heavy (non-hydrogen) atoms. The van der Waals surface area contributed by atoms with Crippen molar-refractivity contribution in [1.29, 1.82) is 0 Å². The molecule has 0 rings (SSSR count). The standard InChI is InChI=1S/C65H118N4O19/c1-63(2,3)86-60(77)29-25-23-21-19-17-15-13-12-14-16-18-20-22-24-27-53(70)49-52(61(78)87-64(4,5)6)30-32-57(73)68-55(62(79)88-65(7,8)9)31-33-56(72)66-35-40-81-46-48-85-51-58(74)67-36-41-82-45-47-84-50-54(71)28-26-37-69(10,11)38-42-83-44-43-80-39-34-59(75)76/h52,55H,12-51H2,1-11H3,(H3-,66,67,68,72,73,74,75,76)/p+1/t52-,55+/m1/s1. The van der Waals surface area contributed by atoms with Crippen LogP contribution in [0.15, 0.2) is 0 Å². The minimum Gasteiger partial charge on any atom is -0.481 e. The highest BCUT2D eigenvalue weighted by Crippen LogP contribution is 2.22.